The van der Waals surface area contributed by atoms with Crippen molar-refractivity contribution in [3.05, 3.63) is 90.5 Å². The third-order valence-corrected chi connectivity index (χ3v) is 13.3. The SMILES string of the molecule is C=Cc1ccc([Si](C)(C)O[Si](C)(C)CCCOc2ccc(-c3ccc(C#N)cc3)cc2)cc1. The van der Waals surface area contributed by atoms with Gasteiger partial charge in [-0.15, -0.1) is 0 Å². The van der Waals surface area contributed by atoms with Crippen molar-refractivity contribution < 1.29 is 8.85 Å². The molecule has 0 spiro atoms. The van der Waals surface area contributed by atoms with Gasteiger partial charge in [0, 0.05) is 0 Å². The summed E-state index contributed by atoms with van der Waals surface area (Å²) in [5, 5.41) is 10.3. The molecule has 0 aliphatic rings. The minimum atomic E-state index is -1.95. The number of nitrogens with zero attached hydrogens (tertiary/aromatic N) is 1. The second-order valence-corrected chi connectivity index (χ2v) is 17.8. The molecule has 3 aromatic carbocycles. The fourth-order valence-corrected chi connectivity index (χ4v) is 12.4. The second kappa shape index (κ2) is 10.8. The lowest BCUT2D eigenvalue weighted by Gasteiger charge is -2.34. The van der Waals surface area contributed by atoms with E-state index in [1.54, 1.807) is 0 Å². The third-order valence-electron chi connectivity index (χ3n) is 5.77. The molecule has 0 saturated carbocycles. The molecule has 0 fully saturated rings. The molecule has 0 aliphatic carbocycles. The molecule has 3 nitrogen and oxygen atoms in total. The standard InChI is InChI=1S/C28H33NO2Si2/c1-6-23-10-18-28(19-11-23)33(4,5)31-32(2,3)21-7-20-30-27-16-14-26(15-17-27)25-12-8-24(22-29)9-13-25/h6,8-19H,1,7,20-21H2,2-5H3. The highest BCUT2D eigenvalue weighted by Crippen LogP contribution is 2.24. The first-order valence-corrected chi connectivity index (χ1v) is 17.4. The molecule has 170 valence electrons. The summed E-state index contributed by atoms with van der Waals surface area (Å²) in [6.07, 6.45) is 2.86. The van der Waals surface area contributed by atoms with Crippen LogP contribution in [0.25, 0.3) is 17.2 Å². The third kappa shape index (κ3) is 7.03. The fraction of sp³-hybridized carbons (Fsp3) is 0.250. The van der Waals surface area contributed by atoms with Crippen molar-refractivity contribution >= 4 is 27.9 Å². The van der Waals surface area contributed by atoms with Crippen LogP contribution >= 0.6 is 0 Å². The molecule has 3 aromatic rings. The fourth-order valence-electron chi connectivity index (χ4n) is 3.99. The number of hydrogen-bond acceptors (Lipinski definition) is 3. The number of rotatable bonds is 10. The molecule has 0 aromatic heterocycles. The Bertz CT molecular complexity index is 1100. The highest BCUT2D eigenvalue weighted by molar-refractivity contribution is 6.92. The minimum absolute atomic E-state index is 0.672. The first kappa shape index (κ1) is 24.7. The Kier molecular flexibility index (Phi) is 8.09. The summed E-state index contributed by atoms with van der Waals surface area (Å²) < 4.78 is 12.8. The Balaban J connectivity index is 1.48. The van der Waals surface area contributed by atoms with Gasteiger partial charge in [-0.25, -0.2) is 0 Å². The zero-order valence-electron chi connectivity index (χ0n) is 20.1. The van der Waals surface area contributed by atoms with Gasteiger partial charge < -0.3 is 8.85 Å². The van der Waals surface area contributed by atoms with Gasteiger partial charge in [-0.05, 0) is 84.8 Å². The molecule has 0 radical (unpaired) electrons. The Hall–Kier alpha value is -2.92. The van der Waals surface area contributed by atoms with Gasteiger partial charge in [0.25, 0.3) is 0 Å². The van der Waals surface area contributed by atoms with Crippen LogP contribution in [-0.4, -0.2) is 23.2 Å². The molecule has 33 heavy (non-hydrogen) atoms. The molecule has 0 aliphatic heterocycles. The van der Waals surface area contributed by atoms with Crippen molar-refractivity contribution in [2.75, 3.05) is 6.61 Å². The lowest BCUT2D eigenvalue weighted by atomic mass is 10.0. The number of nitriles is 1. The lowest BCUT2D eigenvalue weighted by Crippen LogP contribution is -2.52. The molecule has 0 N–H and O–H groups in total. The maximum Gasteiger partial charge on any atom is 0.205 e. The molecule has 3 rings (SSSR count). The van der Waals surface area contributed by atoms with Gasteiger partial charge in [0.15, 0.2) is 8.32 Å². The van der Waals surface area contributed by atoms with Crippen LogP contribution in [-0.2, 0) is 4.12 Å². The van der Waals surface area contributed by atoms with Crippen molar-refractivity contribution in [2.24, 2.45) is 0 Å². The Labute approximate surface area is 200 Å². The highest BCUT2D eigenvalue weighted by atomic mass is 28.4. The van der Waals surface area contributed by atoms with Gasteiger partial charge in [0.2, 0.25) is 8.32 Å². The normalized spacial score (nSPS) is 11.6. The van der Waals surface area contributed by atoms with E-state index in [4.69, 9.17) is 14.1 Å². The van der Waals surface area contributed by atoms with Gasteiger partial charge in [-0.1, -0.05) is 61.2 Å². The first-order valence-electron chi connectivity index (χ1n) is 11.4. The van der Waals surface area contributed by atoms with E-state index >= 15 is 0 Å². The number of ether oxygens (including phenoxy) is 1. The molecule has 0 bridgehead atoms. The molecule has 0 amide bonds. The van der Waals surface area contributed by atoms with Crippen molar-refractivity contribution in [2.45, 2.75) is 38.7 Å². The minimum Gasteiger partial charge on any atom is -0.494 e. The van der Waals surface area contributed by atoms with Crippen LogP contribution in [0.2, 0.25) is 32.2 Å². The zero-order chi connectivity index (χ0) is 23.9. The number of hydrogen-bond donors (Lipinski definition) is 0. The predicted molar refractivity (Wildman–Crippen MR) is 144 cm³/mol. The van der Waals surface area contributed by atoms with E-state index in [-0.39, 0.29) is 0 Å². The van der Waals surface area contributed by atoms with Gasteiger partial charge in [-0.2, -0.15) is 5.26 Å². The first-order chi connectivity index (χ1) is 15.7. The van der Waals surface area contributed by atoms with Crippen molar-refractivity contribution in [1.29, 1.82) is 5.26 Å². The van der Waals surface area contributed by atoms with E-state index in [1.165, 1.54) is 5.19 Å². The van der Waals surface area contributed by atoms with E-state index in [9.17, 15) is 0 Å². The molecule has 0 saturated heterocycles. The second-order valence-electron chi connectivity index (χ2n) is 9.36. The van der Waals surface area contributed by atoms with Gasteiger partial charge in [0.1, 0.15) is 5.75 Å². The van der Waals surface area contributed by atoms with Gasteiger partial charge in [-0.3, -0.25) is 0 Å². The maximum atomic E-state index is 8.94. The van der Waals surface area contributed by atoms with Gasteiger partial charge >= 0.3 is 0 Å². The molecular weight excluding hydrogens is 438 g/mol. The average molecular weight is 472 g/mol. The predicted octanol–water partition coefficient (Wildman–Crippen LogP) is 6.97. The summed E-state index contributed by atoms with van der Waals surface area (Å²) in [7, 11) is -3.75. The highest BCUT2D eigenvalue weighted by Gasteiger charge is 2.34. The maximum absolute atomic E-state index is 8.94. The quantitative estimate of drug-likeness (QED) is 0.237. The van der Waals surface area contributed by atoms with E-state index in [0.29, 0.717) is 12.2 Å². The Morgan fingerprint density at radius 3 is 1.97 bits per heavy atom. The van der Waals surface area contributed by atoms with E-state index in [1.807, 2.05) is 42.5 Å². The van der Waals surface area contributed by atoms with Crippen LogP contribution in [0.4, 0.5) is 0 Å². The monoisotopic (exact) mass is 471 g/mol. The van der Waals surface area contributed by atoms with Crippen LogP contribution < -0.4 is 9.92 Å². The van der Waals surface area contributed by atoms with Crippen molar-refractivity contribution in [3.8, 4) is 22.9 Å². The average Bonchev–Trinajstić information content (AvgIpc) is 2.82. The zero-order valence-corrected chi connectivity index (χ0v) is 22.1. The summed E-state index contributed by atoms with van der Waals surface area (Å²) in [5.41, 5.74) is 4.02. The lowest BCUT2D eigenvalue weighted by molar-refractivity contribution is 0.315. The van der Waals surface area contributed by atoms with Crippen LogP contribution in [0.3, 0.4) is 0 Å². The molecule has 0 heterocycles. The summed E-state index contributed by atoms with van der Waals surface area (Å²) in [4.78, 5) is 0. The van der Waals surface area contributed by atoms with Crippen LogP contribution in [0.1, 0.15) is 17.5 Å². The Morgan fingerprint density at radius 1 is 0.848 bits per heavy atom. The van der Waals surface area contributed by atoms with Crippen LogP contribution in [0, 0.1) is 11.3 Å². The largest absolute Gasteiger partial charge is 0.494 e. The molecule has 0 unspecified atom stereocenters. The molecule has 5 heteroatoms. The van der Waals surface area contributed by atoms with Crippen molar-refractivity contribution in [3.63, 3.8) is 0 Å². The molecule has 0 atom stereocenters. The molecular formula is C28H33NO2Si2. The topological polar surface area (TPSA) is 42.2 Å². The summed E-state index contributed by atoms with van der Waals surface area (Å²) >= 11 is 0. The Morgan fingerprint density at radius 2 is 1.42 bits per heavy atom. The van der Waals surface area contributed by atoms with E-state index in [2.05, 4.69) is 75.2 Å². The van der Waals surface area contributed by atoms with Crippen LogP contribution in [0.15, 0.2) is 79.4 Å². The summed E-state index contributed by atoms with van der Waals surface area (Å²) in [6, 6.07) is 27.6. The summed E-state index contributed by atoms with van der Waals surface area (Å²) in [5.74, 6) is 0.879. The van der Waals surface area contributed by atoms with Crippen LogP contribution in [0.5, 0.6) is 5.75 Å². The smallest absolute Gasteiger partial charge is 0.205 e. The van der Waals surface area contributed by atoms with E-state index in [0.717, 1.165) is 34.9 Å². The van der Waals surface area contributed by atoms with E-state index < -0.39 is 16.6 Å². The van der Waals surface area contributed by atoms with Gasteiger partial charge in [0.05, 0.1) is 18.2 Å². The van der Waals surface area contributed by atoms with Crippen molar-refractivity contribution in [1.82, 2.24) is 0 Å². The summed E-state index contributed by atoms with van der Waals surface area (Å²) in [6.45, 7) is 13.7. The number of benzene rings is 3.